The first-order valence-corrected chi connectivity index (χ1v) is 10.9. The third-order valence-corrected chi connectivity index (χ3v) is 7.30. The number of hydrogen-bond donors (Lipinski definition) is 0. The zero-order valence-electron chi connectivity index (χ0n) is 15.5. The van der Waals surface area contributed by atoms with Crippen LogP contribution in [0.1, 0.15) is 0 Å². The highest BCUT2D eigenvalue weighted by Gasteiger charge is 2.29. The van der Waals surface area contributed by atoms with Gasteiger partial charge in [-0.25, -0.2) is 8.42 Å². The van der Waals surface area contributed by atoms with Gasteiger partial charge in [-0.1, -0.05) is 35.9 Å². The number of rotatable bonds is 4. The summed E-state index contributed by atoms with van der Waals surface area (Å²) in [5, 5.41) is 2.50. The molecule has 0 spiro atoms. The third kappa shape index (κ3) is 3.55. The highest BCUT2D eigenvalue weighted by molar-refractivity contribution is 7.89. The number of halogens is 1. The third-order valence-electron chi connectivity index (χ3n) is 5.09. The summed E-state index contributed by atoms with van der Waals surface area (Å²) in [4.78, 5) is 2.44. The summed E-state index contributed by atoms with van der Waals surface area (Å²) in [6.07, 6.45) is 0. The van der Waals surface area contributed by atoms with Crippen LogP contribution in [0, 0.1) is 0 Å². The molecule has 1 aliphatic rings. The zero-order valence-corrected chi connectivity index (χ0v) is 17.1. The number of piperazine rings is 1. The van der Waals surface area contributed by atoms with Crippen molar-refractivity contribution in [1.82, 2.24) is 4.31 Å². The van der Waals surface area contributed by atoms with Crippen LogP contribution in [-0.2, 0) is 10.0 Å². The van der Waals surface area contributed by atoms with Gasteiger partial charge in [0.1, 0.15) is 5.75 Å². The summed E-state index contributed by atoms with van der Waals surface area (Å²) < 4.78 is 33.0. The topological polar surface area (TPSA) is 49.9 Å². The van der Waals surface area contributed by atoms with Gasteiger partial charge >= 0.3 is 0 Å². The first-order valence-electron chi connectivity index (χ1n) is 9.06. The average molecular weight is 417 g/mol. The van der Waals surface area contributed by atoms with Gasteiger partial charge < -0.3 is 9.64 Å². The number of para-hydroxylation sites is 1. The molecular weight excluding hydrogens is 396 g/mol. The van der Waals surface area contributed by atoms with Crippen molar-refractivity contribution < 1.29 is 13.2 Å². The molecule has 1 fully saturated rings. The summed E-state index contributed by atoms with van der Waals surface area (Å²) in [5.41, 5.74) is 0.945. The van der Waals surface area contributed by atoms with Gasteiger partial charge in [0.25, 0.3) is 0 Å². The predicted molar refractivity (Wildman–Crippen MR) is 113 cm³/mol. The molecule has 7 heteroatoms. The first-order chi connectivity index (χ1) is 13.5. The van der Waals surface area contributed by atoms with E-state index in [1.807, 2.05) is 48.5 Å². The van der Waals surface area contributed by atoms with E-state index in [0.717, 1.165) is 22.2 Å². The van der Waals surface area contributed by atoms with Crippen molar-refractivity contribution in [2.75, 3.05) is 38.2 Å². The van der Waals surface area contributed by atoms with Crippen molar-refractivity contribution in [2.45, 2.75) is 4.90 Å². The lowest BCUT2D eigenvalue weighted by Gasteiger charge is -2.35. The lowest BCUT2D eigenvalue weighted by molar-refractivity contribution is 0.385. The minimum absolute atomic E-state index is 0.316. The van der Waals surface area contributed by atoms with Crippen molar-refractivity contribution >= 4 is 38.1 Å². The van der Waals surface area contributed by atoms with E-state index in [1.165, 1.54) is 0 Å². The lowest BCUT2D eigenvalue weighted by atomic mass is 10.1. The predicted octanol–water partition coefficient (Wildman–Crippen LogP) is 4.01. The molecule has 146 valence electrons. The van der Waals surface area contributed by atoms with Crippen LogP contribution in [-0.4, -0.2) is 46.0 Å². The van der Waals surface area contributed by atoms with E-state index in [0.29, 0.717) is 36.1 Å². The summed E-state index contributed by atoms with van der Waals surface area (Å²) >= 11 is 6.27. The Labute approximate surface area is 170 Å². The number of nitrogens with zero attached hydrogens (tertiary/aromatic N) is 2. The summed E-state index contributed by atoms with van der Waals surface area (Å²) in [7, 11) is -1.93. The number of fused-ring (bicyclic) bond motifs is 1. The molecule has 0 amide bonds. The zero-order chi connectivity index (χ0) is 19.7. The molecule has 3 aromatic rings. The van der Waals surface area contributed by atoms with Crippen LogP contribution in [0.3, 0.4) is 0 Å². The van der Waals surface area contributed by atoms with E-state index in [1.54, 1.807) is 23.5 Å². The lowest BCUT2D eigenvalue weighted by Crippen LogP contribution is -2.48. The van der Waals surface area contributed by atoms with E-state index in [4.69, 9.17) is 16.3 Å². The molecule has 5 nitrogen and oxygen atoms in total. The Morgan fingerprint density at radius 2 is 1.57 bits per heavy atom. The Hall–Kier alpha value is -2.28. The molecule has 1 heterocycles. The smallest absolute Gasteiger partial charge is 0.243 e. The van der Waals surface area contributed by atoms with E-state index in [9.17, 15) is 8.42 Å². The Morgan fingerprint density at radius 1 is 0.893 bits per heavy atom. The maximum atomic E-state index is 13.1. The molecule has 3 aromatic carbocycles. The molecule has 0 atom stereocenters. The van der Waals surface area contributed by atoms with Gasteiger partial charge in [0, 0.05) is 26.2 Å². The quantitative estimate of drug-likeness (QED) is 0.644. The standard InChI is InChI=1S/C21H21ClN2O3S/c1-27-18-8-6-17-15-19(9-7-16(17)14-18)28(25,26)24-12-10-23(11-13-24)21-5-3-2-4-20(21)22/h2-9,14-15H,10-13H2,1H3. The fourth-order valence-corrected chi connectivity index (χ4v) is 5.23. The first kappa shape index (κ1) is 19.1. The largest absolute Gasteiger partial charge is 0.497 e. The van der Waals surface area contributed by atoms with Crippen LogP contribution >= 0.6 is 11.6 Å². The van der Waals surface area contributed by atoms with Crippen LogP contribution in [0.2, 0.25) is 5.02 Å². The average Bonchev–Trinajstić information content (AvgIpc) is 2.73. The molecule has 0 aromatic heterocycles. The maximum Gasteiger partial charge on any atom is 0.243 e. The normalized spacial score (nSPS) is 15.7. The Kier molecular flexibility index (Phi) is 5.19. The maximum absolute atomic E-state index is 13.1. The van der Waals surface area contributed by atoms with Gasteiger partial charge in [0.15, 0.2) is 0 Å². The number of methoxy groups -OCH3 is 1. The molecule has 0 bridgehead atoms. The highest BCUT2D eigenvalue weighted by Crippen LogP contribution is 2.29. The van der Waals surface area contributed by atoms with E-state index < -0.39 is 10.0 Å². The summed E-state index contributed by atoms with van der Waals surface area (Å²) in [6, 6.07) is 18.5. The van der Waals surface area contributed by atoms with Gasteiger partial charge in [-0.15, -0.1) is 0 Å². The van der Waals surface area contributed by atoms with E-state index in [2.05, 4.69) is 4.90 Å². The van der Waals surface area contributed by atoms with E-state index >= 15 is 0 Å². The van der Waals surface area contributed by atoms with E-state index in [-0.39, 0.29) is 0 Å². The number of hydrogen-bond acceptors (Lipinski definition) is 4. The van der Waals surface area contributed by atoms with Crippen molar-refractivity contribution in [1.29, 1.82) is 0 Å². The summed E-state index contributed by atoms with van der Waals surface area (Å²) in [6.45, 7) is 2.06. The fourth-order valence-electron chi connectivity index (χ4n) is 3.52. The molecule has 0 saturated carbocycles. The second-order valence-electron chi connectivity index (χ2n) is 6.72. The minimum Gasteiger partial charge on any atom is -0.497 e. The molecule has 0 N–H and O–H groups in total. The second-order valence-corrected chi connectivity index (χ2v) is 9.06. The molecule has 28 heavy (non-hydrogen) atoms. The minimum atomic E-state index is -3.54. The molecule has 4 rings (SSSR count). The molecule has 0 unspecified atom stereocenters. The van der Waals surface area contributed by atoms with Gasteiger partial charge in [-0.05, 0) is 47.2 Å². The number of sulfonamides is 1. The van der Waals surface area contributed by atoms with Crippen molar-refractivity contribution in [3.8, 4) is 5.75 Å². The van der Waals surface area contributed by atoms with Crippen molar-refractivity contribution in [3.05, 3.63) is 65.7 Å². The van der Waals surface area contributed by atoms with Gasteiger partial charge in [0.05, 0.1) is 22.7 Å². The van der Waals surface area contributed by atoms with Crippen LogP contribution < -0.4 is 9.64 Å². The van der Waals surface area contributed by atoms with Gasteiger partial charge in [-0.3, -0.25) is 0 Å². The molecule has 1 saturated heterocycles. The van der Waals surface area contributed by atoms with Gasteiger partial charge in [0.2, 0.25) is 10.0 Å². The monoisotopic (exact) mass is 416 g/mol. The van der Waals surface area contributed by atoms with Crippen LogP contribution in [0.25, 0.3) is 10.8 Å². The summed E-state index contributed by atoms with van der Waals surface area (Å²) in [5.74, 6) is 0.749. The highest BCUT2D eigenvalue weighted by atomic mass is 35.5. The number of anilines is 1. The number of ether oxygens (including phenoxy) is 1. The van der Waals surface area contributed by atoms with Crippen LogP contribution in [0.4, 0.5) is 5.69 Å². The Balaban J connectivity index is 1.54. The fraction of sp³-hybridized carbons (Fsp3) is 0.238. The van der Waals surface area contributed by atoms with Crippen molar-refractivity contribution in [3.63, 3.8) is 0 Å². The molecule has 0 radical (unpaired) electrons. The number of benzene rings is 3. The second kappa shape index (κ2) is 7.62. The molecule has 1 aliphatic heterocycles. The molecular formula is C21H21ClN2O3S. The SMILES string of the molecule is COc1ccc2cc(S(=O)(=O)N3CCN(c4ccccc4Cl)CC3)ccc2c1. The molecule has 0 aliphatic carbocycles. The Bertz CT molecular complexity index is 1110. The van der Waals surface area contributed by atoms with Crippen molar-refractivity contribution in [2.24, 2.45) is 0 Å². The van der Waals surface area contributed by atoms with Crippen LogP contribution in [0.5, 0.6) is 5.75 Å². The Morgan fingerprint density at radius 3 is 2.29 bits per heavy atom. The van der Waals surface area contributed by atoms with Crippen LogP contribution in [0.15, 0.2) is 65.6 Å². The van der Waals surface area contributed by atoms with Gasteiger partial charge in [-0.2, -0.15) is 4.31 Å².